The number of nitrogens with one attached hydrogen (secondary N) is 2. The first-order valence-electron chi connectivity index (χ1n) is 7.42. The van der Waals surface area contributed by atoms with E-state index >= 15 is 0 Å². The summed E-state index contributed by atoms with van der Waals surface area (Å²) in [6.45, 7) is 6.19. The SMILES string of the molecule is CC(C)CC(C)C(O)NC(Cc1ccccc1)C(=O)NN. The number of carbonyl (C=O) groups is 1. The molecule has 21 heavy (non-hydrogen) atoms. The standard InChI is InChI=1S/C16H27N3O2/c1-11(2)9-12(3)15(20)18-14(16(21)19-17)10-13-7-5-4-6-8-13/h4-8,11-12,14-15,18,20H,9-10,17H2,1-3H3,(H,19,21). The van der Waals surface area contributed by atoms with E-state index in [0.29, 0.717) is 12.3 Å². The third-order valence-corrected chi connectivity index (χ3v) is 3.50. The van der Waals surface area contributed by atoms with Crippen LogP contribution in [0.25, 0.3) is 0 Å². The molecule has 0 aliphatic carbocycles. The largest absolute Gasteiger partial charge is 0.378 e. The quantitative estimate of drug-likeness (QED) is 0.251. The van der Waals surface area contributed by atoms with Gasteiger partial charge in [0.05, 0.1) is 6.04 Å². The maximum atomic E-state index is 11.9. The van der Waals surface area contributed by atoms with Crippen molar-refractivity contribution in [3.05, 3.63) is 35.9 Å². The Labute approximate surface area is 126 Å². The molecule has 1 aromatic carbocycles. The molecule has 0 bridgehead atoms. The van der Waals surface area contributed by atoms with Gasteiger partial charge in [-0.3, -0.25) is 15.5 Å². The minimum atomic E-state index is -0.738. The summed E-state index contributed by atoms with van der Waals surface area (Å²) in [4.78, 5) is 11.9. The van der Waals surface area contributed by atoms with Crippen LogP contribution in [-0.2, 0) is 11.2 Å². The second kappa shape index (κ2) is 8.77. The van der Waals surface area contributed by atoms with E-state index in [0.717, 1.165) is 12.0 Å². The summed E-state index contributed by atoms with van der Waals surface area (Å²) < 4.78 is 0. The van der Waals surface area contributed by atoms with Gasteiger partial charge in [0.25, 0.3) is 5.91 Å². The number of nitrogens with two attached hydrogens (primary N) is 1. The van der Waals surface area contributed by atoms with Crippen molar-refractivity contribution in [2.75, 3.05) is 0 Å². The summed E-state index contributed by atoms with van der Waals surface area (Å²) in [6, 6.07) is 9.11. The van der Waals surface area contributed by atoms with Gasteiger partial charge in [0.2, 0.25) is 0 Å². The van der Waals surface area contributed by atoms with E-state index < -0.39 is 12.3 Å². The van der Waals surface area contributed by atoms with Gasteiger partial charge in [-0.2, -0.15) is 0 Å². The first-order valence-corrected chi connectivity index (χ1v) is 7.42. The highest BCUT2D eigenvalue weighted by Gasteiger charge is 2.24. The summed E-state index contributed by atoms with van der Waals surface area (Å²) in [5.41, 5.74) is 3.17. The van der Waals surface area contributed by atoms with Crippen molar-refractivity contribution in [2.45, 2.75) is 45.9 Å². The lowest BCUT2D eigenvalue weighted by Gasteiger charge is -2.26. The van der Waals surface area contributed by atoms with Crippen molar-refractivity contribution < 1.29 is 9.90 Å². The number of amides is 1. The predicted octanol–water partition coefficient (Wildman–Crippen LogP) is 1.18. The fourth-order valence-corrected chi connectivity index (χ4v) is 2.42. The summed E-state index contributed by atoms with van der Waals surface area (Å²) >= 11 is 0. The fourth-order valence-electron chi connectivity index (χ4n) is 2.42. The first kappa shape index (κ1) is 17.6. The van der Waals surface area contributed by atoms with Gasteiger partial charge >= 0.3 is 0 Å². The maximum Gasteiger partial charge on any atom is 0.251 e. The summed E-state index contributed by atoms with van der Waals surface area (Å²) in [5, 5.41) is 13.2. The smallest absolute Gasteiger partial charge is 0.251 e. The highest BCUT2D eigenvalue weighted by molar-refractivity contribution is 5.81. The third kappa shape index (κ3) is 6.25. The van der Waals surface area contributed by atoms with Gasteiger partial charge in [-0.1, -0.05) is 51.1 Å². The Morgan fingerprint density at radius 3 is 2.38 bits per heavy atom. The molecule has 0 heterocycles. The zero-order chi connectivity index (χ0) is 15.8. The van der Waals surface area contributed by atoms with E-state index in [-0.39, 0.29) is 11.8 Å². The van der Waals surface area contributed by atoms with Crippen LogP contribution in [0.15, 0.2) is 30.3 Å². The Kier molecular flexibility index (Phi) is 7.36. The van der Waals surface area contributed by atoms with E-state index in [2.05, 4.69) is 24.6 Å². The van der Waals surface area contributed by atoms with Crippen LogP contribution in [-0.4, -0.2) is 23.3 Å². The molecule has 0 aliphatic heterocycles. The molecule has 0 spiro atoms. The normalized spacial score (nSPS) is 15.5. The van der Waals surface area contributed by atoms with Crippen LogP contribution >= 0.6 is 0 Å². The molecule has 5 nitrogen and oxygen atoms in total. The van der Waals surface area contributed by atoms with Gasteiger partial charge in [0.15, 0.2) is 0 Å². The second-order valence-electron chi connectivity index (χ2n) is 5.97. The summed E-state index contributed by atoms with van der Waals surface area (Å²) in [5.74, 6) is 5.47. The summed E-state index contributed by atoms with van der Waals surface area (Å²) in [7, 11) is 0. The summed E-state index contributed by atoms with van der Waals surface area (Å²) in [6.07, 6.45) is 0.629. The minimum Gasteiger partial charge on any atom is -0.378 e. The average Bonchev–Trinajstić information content (AvgIpc) is 2.46. The Morgan fingerprint density at radius 1 is 1.24 bits per heavy atom. The number of hydrogen-bond donors (Lipinski definition) is 4. The van der Waals surface area contributed by atoms with Gasteiger partial charge < -0.3 is 5.11 Å². The molecule has 0 saturated heterocycles. The lowest BCUT2D eigenvalue weighted by atomic mass is 9.96. The lowest BCUT2D eigenvalue weighted by molar-refractivity contribution is -0.124. The van der Waals surface area contributed by atoms with Gasteiger partial charge in [0.1, 0.15) is 6.23 Å². The van der Waals surface area contributed by atoms with Gasteiger partial charge in [-0.25, -0.2) is 5.84 Å². The van der Waals surface area contributed by atoms with Crippen LogP contribution in [0.1, 0.15) is 32.8 Å². The van der Waals surface area contributed by atoms with Crippen LogP contribution in [0.4, 0.5) is 0 Å². The third-order valence-electron chi connectivity index (χ3n) is 3.50. The highest BCUT2D eigenvalue weighted by Crippen LogP contribution is 2.14. The zero-order valence-electron chi connectivity index (χ0n) is 13.0. The molecule has 5 N–H and O–H groups in total. The maximum absolute atomic E-state index is 11.9. The Hall–Kier alpha value is -1.43. The van der Waals surface area contributed by atoms with E-state index in [4.69, 9.17) is 5.84 Å². The molecule has 0 aliphatic rings. The van der Waals surface area contributed by atoms with Crippen LogP contribution in [0, 0.1) is 11.8 Å². The van der Waals surface area contributed by atoms with Crippen molar-refractivity contribution in [1.82, 2.24) is 10.7 Å². The fraction of sp³-hybridized carbons (Fsp3) is 0.562. The Balaban J connectivity index is 2.68. The van der Waals surface area contributed by atoms with Crippen molar-refractivity contribution in [3.8, 4) is 0 Å². The topological polar surface area (TPSA) is 87.4 Å². The van der Waals surface area contributed by atoms with E-state index in [1.165, 1.54) is 0 Å². The van der Waals surface area contributed by atoms with Gasteiger partial charge in [-0.05, 0) is 30.2 Å². The van der Waals surface area contributed by atoms with Gasteiger partial charge in [0, 0.05) is 0 Å². The number of aliphatic hydroxyl groups is 1. The molecule has 1 amide bonds. The number of benzene rings is 1. The van der Waals surface area contributed by atoms with E-state index in [1.807, 2.05) is 37.3 Å². The molecule has 0 saturated carbocycles. The van der Waals surface area contributed by atoms with Crippen LogP contribution in [0.3, 0.4) is 0 Å². The molecule has 5 heteroatoms. The molecule has 3 atom stereocenters. The molecular formula is C16H27N3O2. The van der Waals surface area contributed by atoms with E-state index in [1.54, 1.807) is 0 Å². The molecule has 0 fully saturated rings. The minimum absolute atomic E-state index is 0.0637. The number of hydrazine groups is 1. The first-order chi connectivity index (χ1) is 9.93. The number of rotatable bonds is 8. The monoisotopic (exact) mass is 293 g/mol. The predicted molar refractivity (Wildman–Crippen MR) is 84.0 cm³/mol. The molecule has 1 rings (SSSR count). The Bertz CT molecular complexity index is 423. The van der Waals surface area contributed by atoms with Crippen molar-refractivity contribution in [1.29, 1.82) is 0 Å². The molecule has 3 unspecified atom stereocenters. The van der Waals surface area contributed by atoms with E-state index in [9.17, 15) is 9.90 Å². The van der Waals surface area contributed by atoms with Crippen LogP contribution < -0.4 is 16.6 Å². The molecule has 0 aromatic heterocycles. The molecular weight excluding hydrogens is 266 g/mol. The molecule has 0 radical (unpaired) electrons. The lowest BCUT2D eigenvalue weighted by Crippen LogP contribution is -2.53. The van der Waals surface area contributed by atoms with Crippen molar-refractivity contribution in [2.24, 2.45) is 17.7 Å². The number of carbonyl (C=O) groups excluding carboxylic acids is 1. The number of aliphatic hydroxyl groups excluding tert-OH is 1. The molecule has 1 aromatic rings. The highest BCUT2D eigenvalue weighted by atomic mass is 16.3. The van der Waals surface area contributed by atoms with Crippen molar-refractivity contribution in [3.63, 3.8) is 0 Å². The zero-order valence-corrected chi connectivity index (χ0v) is 13.0. The van der Waals surface area contributed by atoms with Gasteiger partial charge in [-0.15, -0.1) is 0 Å². The van der Waals surface area contributed by atoms with Crippen LogP contribution in [0.2, 0.25) is 0 Å². The van der Waals surface area contributed by atoms with Crippen molar-refractivity contribution >= 4 is 5.91 Å². The van der Waals surface area contributed by atoms with Crippen LogP contribution in [0.5, 0.6) is 0 Å². The molecule has 118 valence electrons. The number of hydrogen-bond acceptors (Lipinski definition) is 4. The average molecular weight is 293 g/mol. The second-order valence-corrected chi connectivity index (χ2v) is 5.97. The Morgan fingerprint density at radius 2 is 1.86 bits per heavy atom.